The van der Waals surface area contributed by atoms with Gasteiger partial charge in [-0.15, -0.1) is 0 Å². The molecule has 0 aliphatic rings. The van der Waals surface area contributed by atoms with Crippen molar-refractivity contribution in [1.82, 2.24) is 13.7 Å². The van der Waals surface area contributed by atoms with Crippen molar-refractivity contribution in [2.24, 2.45) is 0 Å². The molecule has 8 nitrogen and oxygen atoms in total. The lowest BCUT2D eigenvalue weighted by Crippen LogP contribution is -2.13. The van der Waals surface area contributed by atoms with Crippen molar-refractivity contribution >= 4 is 131 Å². The molecule has 0 unspecified atom stereocenters. The van der Waals surface area contributed by atoms with Crippen LogP contribution in [0.5, 0.6) is 0 Å². The molecule has 8 heteroatoms. The summed E-state index contributed by atoms with van der Waals surface area (Å²) in [5, 5.41) is 36.1. The van der Waals surface area contributed by atoms with E-state index < -0.39 is 0 Å². The summed E-state index contributed by atoms with van der Waals surface area (Å²) in [7, 11) is 0. The molecule has 0 radical (unpaired) electrons. The Balaban J connectivity index is 1.04. The summed E-state index contributed by atoms with van der Waals surface area (Å²) in [5.41, 5.74) is 18.3. The van der Waals surface area contributed by atoms with Crippen molar-refractivity contribution < 1.29 is 13.3 Å². The molecule has 0 bridgehead atoms. The van der Waals surface area contributed by atoms with Gasteiger partial charge < -0.3 is 27.0 Å². The molecule has 0 saturated carbocycles. The Hall–Kier alpha value is -12.4. The van der Waals surface area contributed by atoms with Crippen molar-refractivity contribution in [1.29, 1.82) is 10.5 Å². The van der Waals surface area contributed by atoms with Crippen LogP contribution in [0.3, 0.4) is 0 Å². The minimum atomic E-state index is 0.304. The second kappa shape index (κ2) is 18.1. The zero-order chi connectivity index (χ0) is 57.9. The number of nitrogens with zero attached hydrogens (tertiary/aromatic N) is 5. The number of aromatic nitrogens is 3. The SMILES string of the molecule is N#Cc1cc(C#N)c(-n2c3ccc(-c4ccccc4)cc3c3cc4c(cc32)oc2ccccc24)c(-n2c3ccc(-c4ccccc4)cc3c3cc4c(cc32)oc2ccccc24)c1-n1c2ccc(-c3ccccc3)cc2c2cc3c(cc21)oc1ccccc13. The van der Waals surface area contributed by atoms with E-state index in [4.69, 9.17) is 13.3 Å². The maximum Gasteiger partial charge on any atom is 0.137 e. The van der Waals surface area contributed by atoms with Gasteiger partial charge in [0.15, 0.2) is 0 Å². The van der Waals surface area contributed by atoms with Gasteiger partial charge in [-0.3, -0.25) is 0 Å². The van der Waals surface area contributed by atoms with Crippen molar-refractivity contribution in [2.45, 2.75) is 0 Å². The molecule has 0 N–H and O–H groups in total. The lowest BCUT2D eigenvalue weighted by atomic mass is 10.0. The summed E-state index contributed by atoms with van der Waals surface area (Å²) in [6.07, 6.45) is 0. The van der Waals surface area contributed by atoms with E-state index in [1.807, 2.05) is 66.7 Å². The van der Waals surface area contributed by atoms with Gasteiger partial charge in [0.2, 0.25) is 0 Å². The van der Waals surface area contributed by atoms with Gasteiger partial charge in [0, 0.05) is 82.8 Å². The second-order valence-electron chi connectivity index (χ2n) is 22.9. The van der Waals surface area contributed by atoms with E-state index in [-0.39, 0.29) is 0 Å². The van der Waals surface area contributed by atoms with Crippen LogP contribution >= 0.6 is 0 Å². The van der Waals surface area contributed by atoms with Crippen LogP contribution < -0.4 is 0 Å². The summed E-state index contributed by atoms with van der Waals surface area (Å²) in [4.78, 5) is 0. The Morgan fingerprint density at radius 3 is 0.841 bits per heavy atom. The normalized spacial score (nSPS) is 12.1. The molecule has 6 heterocycles. The van der Waals surface area contributed by atoms with Crippen LogP contribution in [-0.2, 0) is 0 Å². The molecule has 0 fully saturated rings. The van der Waals surface area contributed by atoms with Crippen LogP contribution in [0.1, 0.15) is 11.1 Å². The summed E-state index contributed by atoms with van der Waals surface area (Å²) < 4.78 is 27.2. The van der Waals surface area contributed by atoms with Gasteiger partial charge >= 0.3 is 0 Å². The average molecular weight is 1120 g/mol. The average Bonchev–Trinajstić information content (AvgIpc) is 1.56. The molecule has 0 aliphatic carbocycles. The van der Waals surface area contributed by atoms with Gasteiger partial charge in [-0.1, -0.05) is 164 Å². The Bertz CT molecular complexity index is 6050. The van der Waals surface area contributed by atoms with Crippen molar-refractivity contribution in [3.63, 3.8) is 0 Å². The third-order valence-corrected chi connectivity index (χ3v) is 18.3. The highest BCUT2D eigenvalue weighted by atomic mass is 16.3. The molecule has 406 valence electrons. The Morgan fingerprint density at radius 1 is 0.216 bits per heavy atom. The van der Waals surface area contributed by atoms with E-state index in [9.17, 15) is 10.5 Å². The summed E-state index contributed by atoms with van der Waals surface area (Å²) in [5.74, 6) is 0. The predicted octanol–water partition coefficient (Wildman–Crippen LogP) is 21.4. The summed E-state index contributed by atoms with van der Waals surface area (Å²) in [6.45, 7) is 0. The Labute approximate surface area is 500 Å². The van der Waals surface area contributed by atoms with Crippen molar-refractivity contribution in [3.05, 3.63) is 272 Å². The van der Waals surface area contributed by atoms with E-state index in [1.165, 1.54) is 0 Å². The standard InChI is InChI=1S/C80H43N5O3/c81-44-52-34-53(45-82)79(84-67-32-29-50(47-18-6-2-7-19-47)36-58(67)61-39-64-55-23-11-14-26-73(55)87-76(64)42-70(61)84)80(85-68-33-30-51(48-20-8-3-9-21-48)37-59(68)62-40-65-56-24-12-15-27-74(56)88-77(65)43-71(62)85)78(52)83-66-31-28-49(46-16-4-1-5-17-46)35-57(66)60-38-63-54-22-10-13-25-72(54)86-75(63)41-69(60)83/h1-43H. The highest BCUT2D eigenvalue weighted by molar-refractivity contribution is 6.22. The summed E-state index contributed by atoms with van der Waals surface area (Å²) in [6, 6.07) is 96.2. The lowest BCUT2D eigenvalue weighted by Gasteiger charge is -2.24. The smallest absolute Gasteiger partial charge is 0.137 e. The first kappa shape index (κ1) is 48.1. The van der Waals surface area contributed by atoms with Gasteiger partial charge in [-0.2, -0.15) is 10.5 Å². The topological polar surface area (TPSA) is 102 Å². The zero-order valence-electron chi connectivity index (χ0n) is 46.8. The number of furan rings is 3. The molecule has 0 atom stereocenters. The molecule has 0 saturated heterocycles. The number of fused-ring (bicyclic) bond motifs is 18. The minimum Gasteiger partial charge on any atom is -0.456 e. The van der Waals surface area contributed by atoms with Crippen molar-refractivity contribution in [2.75, 3.05) is 0 Å². The van der Waals surface area contributed by atoms with Crippen molar-refractivity contribution in [3.8, 4) is 62.6 Å². The van der Waals surface area contributed by atoms with Gasteiger partial charge in [0.1, 0.15) is 45.6 Å². The largest absolute Gasteiger partial charge is 0.456 e. The van der Waals surface area contributed by atoms with E-state index in [1.54, 1.807) is 6.07 Å². The van der Waals surface area contributed by atoms with Crippen LogP contribution in [0.25, 0.3) is 182 Å². The van der Waals surface area contributed by atoms with E-state index in [0.717, 1.165) is 148 Å². The molecular formula is C80H43N5O3. The highest BCUT2D eigenvalue weighted by Crippen LogP contribution is 2.49. The first-order chi connectivity index (χ1) is 43.5. The minimum absolute atomic E-state index is 0.304. The molecule has 13 aromatic carbocycles. The molecule has 19 rings (SSSR count). The first-order valence-electron chi connectivity index (χ1n) is 29.4. The Morgan fingerprint density at radius 2 is 0.511 bits per heavy atom. The Kier molecular flexibility index (Phi) is 9.87. The maximum atomic E-state index is 12.1. The third kappa shape index (κ3) is 6.77. The molecule has 0 amide bonds. The fourth-order valence-electron chi connectivity index (χ4n) is 14.4. The first-order valence-corrected chi connectivity index (χ1v) is 29.4. The zero-order valence-corrected chi connectivity index (χ0v) is 46.8. The number of para-hydroxylation sites is 3. The van der Waals surface area contributed by atoms with Gasteiger partial charge in [0.05, 0.1) is 61.3 Å². The number of rotatable bonds is 6. The quantitative estimate of drug-likeness (QED) is 0.165. The number of benzene rings is 13. The molecular weight excluding hydrogens is 1080 g/mol. The van der Waals surface area contributed by atoms with Crippen LogP contribution in [0.4, 0.5) is 0 Å². The van der Waals surface area contributed by atoms with Crippen LogP contribution in [0.2, 0.25) is 0 Å². The fraction of sp³-hybridized carbons (Fsp3) is 0. The lowest BCUT2D eigenvalue weighted by molar-refractivity contribution is 0.669. The highest BCUT2D eigenvalue weighted by Gasteiger charge is 2.32. The molecule has 88 heavy (non-hydrogen) atoms. The molecule has 19 aromatic rings. The van der Waals surface area contributed by atoms with Crippen LogP contribution in [-0.4, -0.2) is 13.7 Å². The van der Waals surface area contributed by atoms with Gasteiger partial charge in [-0.25, -0.2) is 0 Å². The third-order valence-electron chi connectivity index (χ3n) is 18.3. The van der Waals surface area contributed by atoms with E-state index >= 15 is 0 Å². The van der Waals surface area contributed by atoms with Gasteiger partial charge in [0.25, 0.3) is 0 Å². The fourth-order valence-corrected chi connectivity index (χ4v) is 14.4. The second-order valence-corrected chi connectivity index (χ2v) is 22.9. The summed E-state index contributed by atoms with van der Waals surface area (Å²) >= 11 is 0. The van der Waals surface area contributed by atoms with E-state index in [2.05, 4.69) is 214 Å². The van der Waals surface area contributed by atoms with Crippen LogP contribution in [0, 0.1) is 22.7 Å². The maximum absolute atomic E-state index is 12.1. The van der Waals surface area contributed by atoms with E-state index in [0.29, 0.717) is 44.9 Å². The molecule has 0 aliphatic heterocycles. The monoisotopic (exact) mass is 1120 g/mol. The number of hydrogen-bond donors (Lipinski definition) is 0. The number of hydrogen-bond acceptors (Lipinski definition) is 5. The predicted molar refractivity (Wildman–Crippen MR) is 357 cm³/mol. The van der Waals surface area contributed by atoms with Gasteiger partial charge in [-0.05, 0) is 112 Å². The van der Waals surface area contributed by atoms with Crippen LogP contribution in [0.15, 0.2) is 274 Å². The molecule has 6 aromatic heterocycles. The molecule has 0 spiro atoms. The number of nitriles is 2.